The number of rotatable bonds is 2. The second-order valence-electron chi connectivity index (χ2n) is 5.76. The minimum absolute atomic E-state index is 0.276. The Morgan fingerprint density at radius 2 is 2.12 bits per heavy atom. The third-order valence-electron chi connectivity index (χ3n) is 4.18. The van der Waals surface area contributed by atoms with Crippen LogP contribution in [0.25, 0.3) is 16.9 Å². The Balaban J connectivity index is 2.06. The number of benzene rings is 1. The maximum Gasteiger partial charge on any atom is 0.263 e. The Morgan fingerprint density at radius 1 is 1.32 bits per heavy atom. The maximum absolute atomic E-state index is 13.0. The zero-order valence-corrected chi connectivity index (χ0v) is 13.4. The molecule has 3 heterocycles. The number of aryl methyl sites for hydroxylation is 1. The number of anilines is 1. The zero-order valence-electron chi connectivity index (χ0n) is 13.4. The molecule has 0 aliphatic carbocycles. The molecule has 3 aromatic rings. The van der Waals surface area contributed by atoms with Gasteiger partial charge in [-0.25, -0.2) is 5.43 Å². The first-order valence-corrected chi connectivity index (χ1v) is 7.66. The van der Waals surface area contributed by atoms with E-state index in [1.54, 1.807) is 35.1 Å². The van der Waals surface area contributed by atoms with E-state index in [9.17, 15) is 10.1 Å². The van der Waals surface area contributed by atoms with Crippen LogP contribution in [0.1, 0.15) is 17.3 Å². The van der Waals surface area contributed by atoms with Crippen molar-refractivity contribution < 1.29 is 0 Å². The molecule has 1 atom stereocenters. The number of para-hydroxylation sites is 1. The Labute approximate surface area is 143 Å². The third kappa shape index (κ3) is 2.30. The van der Waals surface area contributed by atoms with Crippen LogP contribution in [0.4, 0.5) is 5.69 Å². The Hall–Kier alpha value is -3.41. The minimum Gasteiger partial charge on any atom is -0.318 e. The summed E-state index contributed by atoms with van der Waals surface area (Å²) in [7, 11) is 1.82. The second-order valence-corrected chi connectivity index (χ2v) is 5.76. The van der Waals surface area contributed by atoms with Crippen LogP contribution in [-0.2, 0) is 7.05 Å². The lowest BCUT2D eigenvalue weighted by Gasteiger charge is -2.13. The van der Waals surface area contributed by atoms with Gasteiger partial charge in [0.05, 0.1) is 28.2 Å². The summed E-state index contributed by atoms with van der Waals surface area (Å²) in [6.07, 6.45) is 2.86. The quantitative estimate of drug-likeness (QED) is 0.645. The maximum atomic E-state index is 13.0. The number of nitrogens with zero attached hydrogens (tertiary/aromatic N) is 4. The molecule has 0 fully saturated rings. The van der Waals surface area contributed by atoms with E-state index < -0.39 is 6.17 Å². The van der Waals surface area contributed by atoms with Gasteiger partial charge in [0.1, 0.15) is 12.2 Å². The van der Waals surface area contributed by atoms with Crippen LogP contribution in [0.5, 0.6) is 0 Å². The summed E-state index contributed by atoms with van der Waals surface area (Å²) in [5.74, 6) is 0. The van der Waals surface area contributed by atoms with Crippen LogP contribution < -0.4 is 22.1 Å². The molecule has 1 aliphatic heterocycles. The first-order chi connectivity index (χ1) is 12.1. The lowest BCUT2D eigenvalue weighted by Crippen LogP contribution is -2.30. The van der Waals surface area contributed by atoms with Crippen molar-refractivity contribution in [2.75, 3.05) is 5.43 Å². The summed E-state index contributed by atoms with van der Waals surface area (Å²) in [6, 6.07) is 10.9. The largest absolute Gasteiger partial charge is 0.318 e. The number of pyridine rings is 1. The van der Waals surface area contributed by atoms with Crippen molar-refractivity contribution >= 4 is 5.69 Å². The van der Waals surface area contributed by atoms with Gasteiger partial charge in [0, 0.05) is 25.0 Å². The highest BCUT2D eigenvalue weighted by molar-refractivity contribution is 5.79. The monoisotopic (exact) mass is 333 g/mol. The highest BCUT2D eigenvalue weighted by atomic mass is 16.1. The molecule has 0 spiro atoms. The minimum atomic E-state index is -0.647. The van der Waals surface area contributed by atoms with E-state index in [2.05, 4.69) is 22.0 Å². The average molecular weight is 333 g/mol. The molecule has 1 aliphatic rings. The first kappa shape index (κ1) is 15.1. The molecule has 0 saturated carbocycles. The Morgan fingerprint density at radius 3 is 2.84 bits per heavy atom. The molecule has 124 valence electrons. The number of fused-ring (bicyclic) bond motifs is 1. The first-order valence-electron chi connectivity index (χ1n) is 7.66. The summed E-state index contributed by atoms with van der Waals surface area (Å²) in [4.78, 5) is 13.0. The van der Waals surface area contributed by atoms with Gasteiger partial charge in [-0.15, -0.1) is 0 Å². The highest BCUT2D eigenvalue weighted by Crippen LogP contribution is 2.33. The van der Waals surface area contributed by atoms with Gasteiger partial charge in [-0.1, -0.05) is 12.1 Å². The molecule has 2 aromatic heterocycles. The molecule has 1 aromatic carbocycles. The van der Waals surface area contributed by atoms with E-state index in [0.717, 1.165) is 5.56 Å². The van der Waals surface area contributed by atoms with E-state index >= 15 is 0 Å². The molecule has 0 amide bonds. The lowest BCUT2D eigenvalue weighted by atomic mass is 10.1. The van der Waals surface area contributed by atoms with Crippen LogP contribution in [0.3, 0.4) is 0 Å². The molecule has 25 heavy (non-hydrogen) atoms. The second kappa shape index (κ2) is 5.59. The van der Waals surface area contributed by atoms with Gasteiger partial charge < -0.3 is 11.2 Å². The summed E-state index contributed by atoms with van der Waals surface area (Å²) in [5.41, 5.74) is 15.0. The molecular weight excluding hydrogens is 318 g/mol. The number of hydrazine groups is 1. The van der Waals surface area contributed by atoms with Crippen LogP contribution in [0.2, 0.25) is 0 Å². The summed E-state index contributed by atoms with van der Waals surface area (Å²) in [5, 5.41) is 13.8. The fourth-order valence-corrected chi connectivity index (χ4v) is 2.99. The molecule has 0 saturated heterocycles. The van der Waals surface area contributed by atoms with Crippen molar-refractivity contribution in [2.24, 2.45) is 12.8 Å². The number of aromatic nitrogens is 3. The lowest BCUT2D eigenvalue weighted by molar-refractivity contribution is 0.646. The van der Waals surface area contributed by atoms with Crippen LogP contribution >= 0.6 is 0 Å². The topological polar surface area (TPSA) is 114 Å². The predicted molar refractivity (Wildman–Crippen MR) is 92.6 cm³/mol. The molecule has 0 radical (unpaired) electrons. The van der Waals surface area contributed by atoms with E-state index in [1.165, 1.54) is 4.57 Å². The van der Waals surface area contributed by atoms with Crippen LogP contribution in [0.15, 0.2) is 47.5 Å². The SMILES string of the molecule is Cn1ccc(-c2cn(-c3ccccc3C#N)c(=O)c3c2NNC3N)n1. The van der Waals surface area contributed by atoms with Gasteiger partial charge in [-0.05, 0) is 18.2 Å². The van der Waals surface area contributed by atoms with Crippen molar-refractivity contribution in [1.29, 1.82) is 5.26 Å². The fourth-order valence-electron chi connectivity index (χ4n) is 2.99. The fraction of sp³-hybridized carbons (Fsp3) is 0.118. The van der Waals surface area contributed by atoms with Gasteiger partial charge >= 0.3 is 0 Å². The Kier molecular flexibility index (Phi) is 3.39. The average Bonchev–Trinajstić information content (AvgIpc) is 3.22. The molecule has 8 heteroatoms. The van der Waals surface area contributed by atoms with Crippen LogP contribution in [0, 0.1) is 11.3 Å². The normalized spacial score (nSPS) is 15.5. The number of nitrogens with one attached hydrogen (secondary N) is 2. The predicted octanol–water partition coefficient (Wildman–Crippen LogP) is 0.997. The number of nitriles is 1. The molecule has 8 nitrogen and oxygen atoms in total. The summed E-state index contributed by atoms with van der Waals surface area (Å²) in [6.45, 7) is 0. The molecular formula is C17H15N7O. The number of hydrogen-bond acceptors (Lipinski definition) is 6. The number of nitrogens with two attached hydrogens (primary N) is 1. The van der Waals surface area contributed by atoms with Gasteiger partial charge in [-0.3, -0.25) is 14.0 Å². The smallest absolute Gasteiger partial charge is 0.263 e. The van der Waals surface area contributed by atoms with Crippen LogP contribution in [-0.4, -0.2) is 14.3 Å². The highest BCUT2D eigenvalue weighted by Gasteiger charge is 2.28. The third-order valence-corrected chi connectivity index (χ3v) is 4.18. The van der Waals surface area contributed by atoms with E-state index in [-0.39, 0.29) is 5.56 Å². The van der Waals surface area contributed by atoms with E-state index in [4.69, 9.17) is 5.73 Å². The summed E-state index contributed by atoms with van der Waals surface area (Å²) >= 11 is 0. The molecule has 1 unspecified atom stereocenters. The standard InChI is InChI=1S/C17H15N7O/c1-23-7-6-12(22-23)11-9-24(13-5-3-2-4-10(13)8-18)17(25)14-15(11)20-21-16(14)19/h2-7,9,16,20-21H,19H2,1H3. The molecule has 4 rings (SSSR count). The van der Waals surface area contributed by atoms with Crippen molar-refractivity contribution in [2.45, 2.75) is 6.17 Å². The number of hydrogen-bond donors (Lipinski definition) is 3. The zero-order chi connectivity index (χ0) is 17.6. The van der Waals surface area contributed by atoms with Gasteiger partial charge in [0.25, 0.3) is 5.56 Å². The van der Waals surface area contributed by atoms with Crippen molar-refractivity contribution in [3.63, 3.8) is 0 Å². The Bertz CT molecular complexity index is 1070. The van der Waals surface area contributed by atoms with Crippen molar-refractivity contribution in [3.8, 4) is 23.0 Å². The van der Waals surface area contributed by atoms with Gasteiger partial charge in [-0.2, -0.15) is 10.4 Å². The van der Waals surface area contributed by atoms with Crippen molar-refractivity contribution in [1.82, 2.24) is 19.8 Å². The van der Waals surface area contributed by atoms with E-state index in [0.29, 0.717) is 28.2 Å². The molecule has 0 bridgehead atoms. The van der Waals surface area contributed by atoms with E-state index in [1.807, 2.05) is 19.3 Å². The summed E-state index contributed by atoms with van der Waals surface area (Å²) < 4.78 is 3.14. The van der Waals surface area contributed by atoms with Crippen molar-refractivity contribution in [3.05, 3.63) is 64.2 Å². The van der Waals surface area contributed by atoms with Gasteiger partial charge in [0.2, 0.25) is 0 Å². The molecule has 4 N–H and O–H groups in total. The van der Waals surface area contributed by atoms with Gasteiger partial charge in [0.15, 0.2) is 0 Å².